The van der Waals surface area contributed by atoms with Crippen LogP contribution in [0, 0.1) is 0 Å². The van der Waals surface area contributed by atoms with Gasteiger partial charge in [-0.1, -0.05) is 60.7 Å². The smallest absolute Gasteiger partial charge is 0.407 e. The second-order valence-corrected chi connectivity index (χ2v) is 8.61. The number of amides is 2. The Morgan fingerprint density at radius 1 is 0.914 bits per heavy atom. The number of anilines is 1. The lowest BCUT2D eigenvalue weighted by atomic mass is 9.98. The summed E-state index contributed by atoms with van der Waals surface area (Å²) in [6, 6.07) is 20.7. The fourth-order valence-electron chi connectivity index (χ4n) is 4.77. The Labute approximate surface area is 201 Å². The average Bonchev–Trinajstić information content (AvgIpc) is 3.35. The molecule has 0 radical (unpaired) electrons. The van der Waals surface area contributed by atoms with Crippen molar-refractivity contribution in [3.63, 3.8) is 0 Å². The maximum Gasteiger partial charge on any atom is 0.407 e. The van der Waals surface area contributed by atoms with Gasteiger partial charge in [-0.25, -0.2) is 4.79 Å². The third-order valence-electron chi connectivity index (χ3n) is 6.52. The van der Waals surface area contributed by atoms with E-state index in [0.29, 0.717) is 0 Å². The van der Waals surface area contributed by atoms with E-state index in [1.165, 1.54) is 18.2 Å². The standard InChI is InChI=1S/C27H24N2O6/c30-22(24(31)19-10-5-11-20-23(19)29-26(33)25(20)32)12-13-28-27(34)35-14-21-17-8-3-1-6-15(17)16-7-2-4-9-18(16)21/h1-11,21-22,24,30-31H,12-14H2,(H,28,34)(H,29,32,33). The highest BCUT2D eigenvalue weighted by Gasteiger charge is 2.33. The van der Waals surface area contributed by atoms with Crippen LogP contribution in [-0.4, -0.2) is 47.3 Å². The number of ketones is 1. The zero-order chi connectivity index (χ0) is 24.5. The largest absolute Gasteiger partial charge is 0.449 e. The molecule has 0 spiro atoms. The summed E-state index contributed by atoms with van der Waals surface area (Å²) in [5, 5.41) is 26.0. The molecule has 0 aromatic heterocycles. The average molecular weight is 472 g/mol. The number of aliphatic hydroxyl groups is 2. The van der Waals surface area contributed by atoms with Crippen LogP contribution < -0.4 is 10.6 Å². The van der Waals surface area contributed by atoms with Gasteiger partial charge < -0.3 is 25.6 Å². The zero-order valence-corrected chi connectivity index (χ0v) is 18.7. The zero-order valence-electron chi connectivity index (χ0n) is 18.7. The molecule has 1 aliphatic carbocycles. The number of rotatable bonds is 7. The molecule has 2 aliphatic rings. The predicted octanol–water partition coefficient (Wildman–Crippen LogP) is 3.14. The van der Waals surface area contributed by atoms with Crippen molar-refractivity contribution in [2.75, 3.05) is 18.5 Å². The van der Waals surface area contributed by atoms with Gasteiger partial charge in [-0.15, -0.1) is 0 Å². The van der Waals surface area contributed by atoms with E-state index in [9.17, 15) is 24.6 Å². The molecule has 3 aromatic rings. The first kappa shape index (κ1) is 22.8. The first-order valence-electron chi connectivity index (χ1n) is 11.4. The molecule has 2 unspecified atom stereocenters. The Bertz CT molecular complexity index is 1280. The van der Waals surface area contributed by atoms with E-state index in [1.54, 1.807) is 0 Å². The fourth-order valence-corrected chi connectivity index (χ4v) is 4.77. The van der Waals surface area contributed by atoms with E-state index in [2.05, 4.69) is 22.8 Å². The Morgan fingerprint density at radius 2 is 1.54 bits per heavy atom. The third-order valence-corrected chi connectivity index (χ3v) is 6.52. The van der Waals surface area contributed by atoms with Crippen LogP contribution in [0.4, 0.5) is 10.5 Å². The van der Waals surface area contributed by atoms with E-state index < -0.39 is 30.0 Å². The van der Waals surface area contributed by atoms with E-state index in [1.807, 2.05) is 36.4 Å². The van der Waals surface area contributed by atoms with Gasteiger partial charge in [-0.2, -0.15) is 0 Å². The molecule has 8 nitrogen and oxygen atoms in total. The summed E-state index contributed by atoms with van der Waals surface area (Å²) in [7, 11) is 0. The van der Waals surface area contributed by atoms with Crippen LogP contribution in [0.3, 0.4) is 0 Å². The second-order valence-electron chi connectivity index (χ2n) is 8.61. The Morgan fingerprint density at radius 3 is 2.23 bits per heavy atom. The molecule has 1 aliphatic heterocycles. The van der Waals surface area contributed by atoms with Crippen LogP contribution in [0.25, 0.3) is 11.1 Å². The number of nitrogens with one attached hydrogen (secondary N) is 2. The number of Topliss-reactive ketones (excluding diaryl/α,β-unsaturated/α-hetero) is 1. The van der Waals surface area contributed by atoms with Crippen molar-refractivity contribution in [1.29, 1.82) is 0 Å². The number of benzene rings is 3. The van der Waals surface area contributed by atoms with Crippen molar-refractivity contribution in [3.8, 4) is 11.1 Å². The van der Waals surface area contributed by atoms with Crippen LogP contribution in [0.2, 0.25) is 0 Å². The van der Waals surface area contributed by atoms with E-state index in [0.717, 1.165) is 22.3 Å². The van der Waals surface area contributed by atoms with Gasteiger partial charge in [0, 0.05) is 18.0 Å². The summed E-state index contributed by atoms with van der Waals surface area (Å²) in [6.07, 6.45) is -3.16. The molecule has 0 fully saturated rings. The number of ether oxygens (including phenoxy) is 1. The number of para-hydroxylation sites is 1. The molecule has 178 valence electrons. The molecule has 5 rings (SSSR count). The summed E-state index contributed by atoms with van der Waals surface area (Å²) in [5.74, 6) is -1.51. The van der Waals surface area contributed by atoms with Crippen LogP contribution in [0.1, 0.15) is 45.5 Å². The van der Waals surface area contributed by atoms with Crippen molar-refractivity contribution in [2.24, 2.45) is 0 Å². The molecule has 1 heterocycles. The summed E-state index contributed by atoms with van der Waals surface area (Å²) in [6.45, 7) is 0.240. The molecule has 2 atom stereocenters. The normalized spacial score (nSPS) is 15.6. The van der Waals surface area contributed by atoms with Crippen molar-refractivity contribution < 1.29 is 29.3 Å². The first-order chi connectivity index (χ1) is 17.0. The third kappa shape index (κ3) is 4.18. The monoisotopic (exact) mass is 472 g/mol. The van der Waals surface area contributed by atoms with Gasteiger partial charge in [0.05, 0.1) is 17.4 Å². The SMILES string of the molecule is O=C(NCCC(O)C(O)c1cccc2c1NC(=O)C2=O)OCC1c2ccccc2-c2ccccc21. The van der Waals surface area contributed by atoms with Crippen LogP contribution >= 0.6 is 0 Å². The molecular weight excluding hydrogens is 448 g/mol. The summed E-state index contributed by atoms with van der Waals surface area (Å²) >= 11 is 0. The van der Waals surface area contributed by atoms with Crippen LogP contribution in [0.15, 0.2) is 66.7 Å². The summed E-state index contributed by atoms with van der Waals surface area (Å²) in [4.78, 5) is 35.8. The highest BCUT2D eigenvalue weighted by Crippen LogP contribution is 2.44. The van der Waals surface area contributed by atoms with Gasteiger partial charge >= 0.3 is 6.09 Å². The van der Waals surface area contributed by atoms with Crippen LogP contribution in [-0.2, 0) is 9.53 Å². The van der Waals surface area contributed by atoms with Crippen molar-refractivity contribution in [3.05, 3.63) is 89.0 Å². The lowest BCUT2D eigenvalue weighted by Crippen LogP contribution is -2.30. The molecule has 0 saturated carbocycles. The summed E-state index contributed by atoms with van der Waals surface area (Å²) < 4.78 is 5.47. The molecule has 4 N–H and O–H groups in total. The van der Waals surface area contributed by atoms with Gasteiger partial charge in [0.15, 0.2) is 0 Å². The number of aliphatic hydroxyl groups excluding tert-OH is 2. The molecule has 2 amide bonds. The van der Waals surface area contributed by atoms with E-state index >= 15 is 0 Å². The molecule has 35 heavy (non-hydrogen) atoms. The summed E-state index contributed by atoms with van der Waals surface area (Å²) in [5.41, 5.74) is 5.12. The van der Waals surface area contributed by atoms with Gasteiger partial charge in [0.1, 0.15) is 12.7 Å². The van der Waals surface area contributed by atoms with Gasteiger partial charge in [0.2, 0.25) is 0 Å². The quantitative estimate of drug-likeness (QED) is 0.392. The maximum atomic E-state index is 12.3. The Balaban J connectivity index is 1.15. The molecule has 8 heteroatoms. The minimum atomic E-state index is -1.35. The van der Waals surface area contributed by atoms with Crippen molar-refractivity contribution >= 4 is 23.5 Å². The van der Waals surface area contributed by atoms with Crippen LogP contribution in [0.5, 0.6) is 0 Å². The number of hydrogen-bond acceptors (Lipinski definition) is 6. The predicted molar refractivity (Wildman–Crippen MR) is 128 cm³/mol. The number of hydrogen-bond donors (Lipinski definition) is 4. The Hall–Kier alpha value is -4.01. The maximum absolute atomic E-state index is 12.3. The molecule has 0 saturated heterocycles. The molecule has 3 aromatic carbocycles. The minimum absolute atomic E-state index is 0.0386. The number of carbonyl (C=O) groups is 3. The topological polar surface area (TPSA) is 125 Å². The number of alkyl carbamates (subject to hydrolysis) is 1. The van der Waals surface area contributed by atoms with Crippen molar-refractivity contribution in [2.45, 2.75) is 24.5 Å². The minimum Gasteiger partial charge on any atom is -0.449 e. The lowest BCUT2D eigenvalue weighted by molar-refractivity contribution is -0.112. The fraction of sp³-hybridized carbons (Fsp3) is 0.222. The molecular formula is C27H24N2O6. The van der Waals surface area contributed by atoms with Gasteiger partial charge in [-0.05, 0) is 34.7 Å². The Kier molecular flexibility index (Phi) is 6.07. The second kappa shape index (κ2) is 9.32. The highest BCUT2D eigenvalue weighted by molar-refractivity contribution is 6.51. The number of carbonyl (C=O) groups excluding carboxylic acids is 3. The van der Waals surface area contributed by atoms with E-state index in [-0.39, 0.29) is 42.3 Å². The van der Waals surface area contributed by atoms with Crippen molar-refractivity contribution in [1.82, 2.24) is 5.32 Å². The van der Waals surface area contributed by atoms with E-state index in [4.69, 9.17) is 4.74 Å². The van der Waals surface area contributed by atoms with Gasteiger partial charge in [0.25, 0.3) is 11.7 Å². The lowest BCUT2D eigenvalue weighted by Gasteiger charge is -2.20. The first-order valence-corrected chi connectivity index (χ1v) is 11.4. The molecule has 0 bridgehead atoms. The highest BCUT2D eigenvalue weighted by atomic mass is 16.5. The van der Waals surface area contributed by atoms with Gasteiger partial charge in [-0.3, -0.25) is 9.59 Å². The number of fused-ring (bicyclic) bond motifs is 4.